The molecular formula is C23H21N2O+. The minimum atomic E-state index is 0.359. The van der Waals surface area contributed by atoms with Crippen LogP contribution in [0.4, 0.5) is 0 Å². The quantitative estimate of drug-likeness (QED) is 0.459. The molecule has 0 amide bonds. The van der Waals surface area contributed by atoms with Crippen molar-refractivity contribution in [2.75, 3.05) is 0 Å². The van der Waals surface area contributed by atoms with Gasteiger partial charge >= 0.3 is 0 Å². The number of hydrogen-bond acceptors (Lipinski definition) is 2. The van der Waals surface area contributed by atoms with E-state index in [-0.39, 0.29) is 0 Å². The predicted molar refractivity (Wildman–Crippen MR) is 104 cm³/mol. The fraction of sp³-hybridized carbons (Fsp3) is 0.217. The van der Waals surface area contributed by atoms with Gasteiger partial charge in [0.05, 0.1) is 5.56 Å². The fourth-order valence-corrected chi connectivity index (χ4v) is 3.76. The van der Waals surface area contributed by atoms with Gasteiger partial charge in [-0.25, -0.2) is 4.57 Å². The van der Waals surface area contributed by atoms with Gasteiger partial charge in [0, 0.05) is 22.9 Å². The Hall–Kier alpha value is -3.12. The molecule has 0 radical (unpaired) electrons. The second kappa shape index (κ2) is 6.00. The molecule has 26 heavy (non-hydrogen) atoms. The summed E-state index contributed by atoms with van der Waals surface area (Å²) in [6.07, 6.45) is 2.00. The summed E-state index contributed by atoms with van der Waals surface area (Å²) in [4.78, 5) is 0. The summed E-state index contributed by atoms with van der Waals surface area (Å²) in [5.41, 5.74) is 6.37. The van der Waals surface area contributed by atoms with Crippen molar-refractivity contribution in [1.82, 2.24) is 0 Å². The molecule has 0 unspecified atom stereocenters. The highest BCUT2D eigenvalue weighted by molar-refractivity contribution is 6.09. The van der Waals surface area contributed by atoms with Gasteiger partial charge in [-0.2, -0.15) is 5.26 Å². The van der Waals surface area contributed by atoms with Crippen LogP contribution in [0, 0.1) is 18.3 Å². The SMILES string of the molecule is Cc1cc2c(oc3c(C(C)C)cccc32)c(C#N)c1-c1cccc[n+]1C. The van der Waals surface area contributed by atoms with Crippen LogP contribution in [0.1, 0.15) is 36.5 Å². The summed E-state index contributed by atoms with van der Waals surface area (Å²) < 4.78 is 8.33. The van der Waals surface area contributed by atoms with E-state index in [1.807, 2.05) is 36.0 Å². The number of rotatable bonds is 2. The Kier molecular flexibility index (Phi) is 3.77. The first-order valence-corrected chi connectivity index (χ1v) is 8.86. The summed E-state index contributed by atoms with van der Waals surface area (Å²) in [6, 6.07) is 16.8. The van der Waals surface area contributed by atoms with E-state index < -0.39 is 0 Å². The molecular weight excluding hydrogens is 320 g/mol. The number of furan rings is 1. The molecule has 0 aliphatic rings. The first-order valence-electron chi connectivity index (χ1n) is 8.86. The summed E-state index contributed by atoms with van der Waals surface area (Å²) in [7, 11) is 2.00. The zero-order valence-electron chi connectivity index (χ0n) is 15.5. The third-order valence-corrected chi connectivity index (χ3v) is 5.06. The van der Waals surface area contributed by atoms with Crippen LogP contribution in [0.5, 0.6) is 0 Å². The summed E-state index contributed by atoms with van der Waals surface area (Å²) in [5, 5.41) is 12.1. The van der Waals surface area contributed by atoms with Gasteiger partial charge in [-0.15, -0.1) is 0 Å². The molecule has 128 valence electrons. The minimum absolute atomic E-state index is 0.359. The smallest absolute Gasteiger partial charge is 0.214 e. The lowest BCUT2D eigenvalue weighted by molar-refractivity contribution is -0.660. The van der Waals surface area contributed by atoms with Gasteiger partial charge in [0.25, 0.3) is 0 Å². The van der Waals surface area contributed by atoms with Crippen LogP contribution >= 0.6 is 0 Å². The highest BCUT2D eigenvalue weighted by atomic mass is 16.3. The third kappa shape index (κ3) is 2.30. The van der Waals surface area contributed by atoms with E-state index in [0.717, 1.165) is 33.2 Å². The number of pyridine rings is 1. The predicted octanol–water partition coefficient (Wildman–Crippen LogP) is 5.38. The Bertz CT molecular complexity index is 1190. The molecule has 0 fully saturated rings. The van der Waals surface area contributed by atoms with Gasteiger partial charge < -0.3 is 4.42 Å². The maximum absolute atomic E-state index is 9.98. The standard InChI is InChI=1S/C23H21N2O/c1-14(2)16-8-7-9-17-18-12-15(3)21(20-10-5-6-11-25(20)4)19(13-24)23(18)26-22(16)17/h5-12,14H,1-4H3/q+1. The van der Waals surface area contributed by atoms with Gasteiger partial charge in [0.2, 0.25) is 5.69 Å². The molecule has 2 heterocycles. The topological polar surface area (TPSA) is 40.8 Å². The van der Waals surface area contributed by atoms with Crippen molar-refractivity contribution in [1.29, 1.82) is 5.26 Å². The maximum Gasteiger partial charge on any atom is 0.214 e. The van der Waals surface area contributed by atoms with Crippen LogP contribution in [0.15, 0.2) is 53.1 Å². The number of nitriles is 1. The van der Waals surface area contributed by atoms with Crippen molar-refractivity contribution < 1.29 is 8.98 Å². The molecule has 0 bridgehead atoms. The van der Waals surface area contributed by atoms with Gasteiger partial charge in [0.1, 0.15) is 24.3 Å². The molecule has 4 aromatic rings. The molecule has 2 aromatic heterocycles. The maximum atomic E-state index is 9.98. The fourth-order valence-electron chi connectivity index (χ4n) is 3.76. The Morgan fingerprint density at radius 1 is 1.04 bits per heavy atom. The molecule has 0 spiro atoms. The Morgan fingerprint density at radius 2 is 1.85 bits per heavy atom. The zero-order chi connectivity index (χ0) is 18.4. The number of benzene rings is 2. The summed E-state index contributed by atoms with van der Waals surface area (Å²) >= 11 is 0. The molecule has 0 atom stereocenters. The Morgan fingerprint density at radius 3 is 2.54 bits per heavy atom. The normalized spacial score (nSPS) is 11.4. The number of aromatic nitrogens is 1. The highest BCUT2D eigenvalue weighted by Gasteiger charge is 2.23. The highest BCUT2D eigenvalue weighted by Crippen LogP contribution is 2.39. The number of para-hydroxylation sites is 1. The second-order valence-corrected chi connectivity index (χ2v) is 7.11. The van der Waals surface area contributed by atoms with Crippen molar-refractivity contribution in [2.45, 2.75) is 26.7 Å². The van der Waals surface area contributed by atoms with E-state index in [2.05, 4.69) is 51.1 Å². The first-order chi connectivity index (χ1) is 12.5. The van der Waals surface area contributed by atoms with E-state index in [0.29, 0.717) is 17.1 Å². The van der Waals surface area contributed by atoms with Crippen LogP contribution in [0.2, 0.25) is 0 Å². The zero-order valence-corrected chi connectivity index (χ0v) is 15.5. The molecule has 4 rings (SSSR count). The van der Waals surface area contributed by atoms with Gasteiger partial charge in [-0.05, 0) is 36.1 Å². The molecule has 0 saturated heterocycles. The average Bonchev–Trinajstić information content (AvgIpc) is 2.99. The lowest BCUT2D eigenvalue weighted by Gasteiger charge is -2.07. The number of hydrogen-bond donors (Lipinski definition) is 0. The van der Waals surface area contributed by atoms with Crippen molar-refractivity contribution in [3.8, 4) is 17.3 Å². The van der Waals surface area contributed by atoms with Gasteiger partial charge in [0.15, 0.2) is 11.8 Å². The first kappa shape index (κ1) is 16.4. The van der Waals surface area contributed by atoms with Crippen LogP contribution in [0.25, 0.3) is 33.2 Å². The largest absolute Gasteiger partial charge is 0.454 e. The van der Waals surface area contributed by atoms with Crippen molar-refractivity contribution in [3.05, 3.63) is 65.4 Å². The van der Waals surface area contributed by atoms with E-state index >= 15 is 0 Å². The van der Waals surface area contributed by atoms with Crippen molar-refractivity contribution in [2.24, 2.45) is 7.05 Å². The molecule has 0 N–H and O–H groups in total. The van der Waals surface area contributed by atoms with Crippen molar-refractivity contribution in [3.63, 3.8) is 0 Å². The van der Waals surface area contributed by atoms with Crippen molar-refractivity contribution >= 4 is 21.9 Å². The van der Waals surface area contributed by atoms with E-state index in [4.69, 9.17) is 4.42 Å². The number of fused-ring (bicyclic) bond motifs is 3. The minimum Gasteiger partial charge on any atom is -0.454 e. The lowest BCUT2D eigenvalue weighted by Crippen LogP contribution is -2.30. The Balaban J connectivity index is 2.16. The molecule has 0 aliphatic carbocycles. The third-order valence-electron chi connectivity index (χ3n) is 5.06. The molecule has 0 aliphatic heterocycles. The van der Waals surface area contributed by atoms with Gasteiger partial charge in [-0.3, -0.25) is 0 Å². The summed E-state index contributed by atoms with van der Waals surface area (Å²) in [5.74, 6) is 0.359. The van der Waals surface area contributed by atoms with E-state index in [9.17, 15) is 5.26 Å². The van der Waals surface area contributed by atoms with Crippen LogP contribution in [-0.4, -0.2) is 0 Å². The summed E-state index contributed by atoms with van der Waals surface area (Å²) in [6.45, 7) is 6.38. The van der Waals surface area contributed by atoms with E-state index in [1.165, 1.54) is 5.56 Å². The number of nitrogens with zero attached hydrogens (tertiary/aromatic N) is 2. The monoisotopic (exact) mass is 341 g/mol. The lowest BCUT2D eigenvalue weighted by atomic mass is 9.95. The number of aryl methyl sites for hydroxylation is 2. The molecule has 3 heteroatoms. The molecule has 3 nitrogen and oxygen atoms in total. The molecule has 0 saturated carbocycles. The average molecular weight is 341 g/mol. The second-order valence-electron chi connectivity index (χ2n) is 7.11. The van der Waals surface area contributed by atoms with Crippen LogP contribution in [0.3, 0.4) is 0 Å². The molecule has 2 aromatic carbocycles. The van der Waals surface area contributed by atoms with Crippen LogP contribution < -0.4 is 4.57 Å². The Labute approximate surface area is 153 Å². The van der Waals surface area contributed by atoms with E-state index in [1.54, 1.807) is 0 Å². The van der Waals surface area contributed by atoms with Gasteiger partial charge in [-0.1, -0.05) is 32.0 Å². The van der Waals surface area contributed by atoms with Crippen LogP contribution in [-0.2, 0) is 7.05 Å².